The van der Waals surface area contributed by atoms with Crippen molar-refractivity contribution in [2.75, 3.05) is 25.6 Å². The van der Waals surface area contributed by atoms with Crippen LogP contribution in [-0.4, -0.2) is 37.4 Å². The molecule has 2 rings (SSSR count). The van der Waals surface area contributed by atoms with Crippen molar-refractivity contribution in [1.29, 1.82) is 0 Å². The van der Waals surface area contributed by atoms with Gasteiger partial charge in [0.15, 0.2) is 0 Å². The predicted molar refractivity (Wildman–Crippen MR) is 76.4 cm³/mol. The molecule has 0 spiro atoms. The molecule has 3 N–H and O–H groups in total. The maximum Gasteiger partial charge on any atom is 0.341 e. The second kappa shape index (κ2) is 6.71. The van der Waals surface area contributed by atoms with Gasteiger partial charge in [-0.15, -0.1) is 11.3 Å². The zero-order valence-corrected chi connectivity index (χ0v) is 12.1. The van der Waals surface area contributed by atoms with Gasteiger partial charge >= 0.3 is 12.0 Å². The van der Waals surface area contributed by atoms with E-state index < -0.39 is 5.97 Å². The highest BCUT2D eigenvalue weighted by Crippen LogP contribution is 2.39. The van der Waals surface area contributed by atoms with Crippen LogP contribution in [-0.2, 0) is 17.6 Å². The molecule has 1 aliphatic carbocycles. The van der Waals surface area contributed by atoms with E-state index in [4.69, 9.17) is 9.84 Å². The van der Waals surface area contributed by atoms with Crippen molar-refractivity contribution in [1.82, 2.24) is 5.32 Å². The van der Waals surface area contributed by atoms with Gasteiger partial charge in [-0.05, 0) is 31.2 Å². The first kappa shape index (κ1) is 14.8. The number of thiophene rings is 1. The number of hydrogen-bond acceptors (Lipinski definition) is 5. The molecule has 2 amide bonds. The Morgan fingerprint density at radius 1 is 1.40 bits per heavy atom. The smallest absolute Gasteiger partial charge is 0.341 e. The highest BCUT2D eigenvalue weighted by molar-refractivity contribution is 7.17. The summed E-state index contributed by atoms with van der Waals surface area (Å²) in [5.41, 5.74) is 1.50. The fourth-order valence-corrected chi connectivity index (χ4v) is 3.51. The van der Waals surface area contributed by atoms with Gasteiger partial charge in [-0.25, -0.2) is 9.59 Å². The molecule has 0 saturated heterocycles. The van der Waals surface area contributed by atoms with Crippen molar-refractivity contribution < 1.29 is 19.4 Å². The average Bonchev–Trinajstić information content (AvgIpc) is 2.98. The number of aliphatic hydroxyl groups excluding tert-OH is 1. The van der Waals surface area contributed by atoms with Gasteiger partial charge in [0.1, 0.15) is 5.00 Å². The second-order valence-electron chi connectivity index (χ2n) is 4.51. The molecule has 1 aromatic rings. The number of fused-ring (bicyclic) bond motifs is 1. The Bertz CT molecular complexity index is 513. The van der Waals surface area contributed by atoms with Crippen molar-refractivity contribution in [2.24, 2.45) is 0 Å². The molecule has 7 heteroatoms. The number of carbonyl (C=O) groups is 2. The lowest BCUT2D eigenvalue weighted by Gasteiger charge is -2.08. The summed E-state index contributed by atoms with van der Waals surface area (Å²) >= 11 is 1.44. The molecule has 20 heavy (non-hydrogen) atoms. The molecular weight excluding hydrogens is 280 g/mol. The van der Waals surface area contributed by atoms with Gasteiger partial charge < -0.3 is 15.2 Å². The standard InChI is InChI=1S/C13H18N2O4S/c1-19-12(17)10-8-4-2-5-9(8)20-11(10)15-13(18)14-6-3-7-16/h16H,2-7H2,1H3,(H2,14,15,18). The molecule has 1 aliphatic rings. The summed E-state index contributed by atoms with van der Waals surface area (Å²) < 4.78 is 4.80. The van der Waals surface area contributed by atoms with Crippen molar-refractivity contribution >= 4 is 28.3 Å². The van der Waals surface area contributed by atoms with E-state index in [9.17, 15) is 9.59 Å². The lowest BCUT2D eigenvalue weighted by molar-refractivity contribution is 0.0601. The Morgan fingerprint density at radius 3 is 2.90 bits per heavy atom. The van der Waals surface area contributed by atoms with Crippen LogP contribution in [0.1, 0.15) is 33.6 Å². The monoisotopic (exact) mass is 298 g/mol. The third-order valence-corrected chi connectivity index (χ3v) is 4.37. The quantitative estimate of drug-likeness (QED) is 0.568. The number of aliphatic hydroxyl groups is 1. The number of anilines is 1. The lowest BCUT2D eigenvalue weighted by atomic mass is 10.1. The Labute approximate surface area is 121 Å². The van der Waals surface area contributed by atoms with Crippen LogP contribution in [0.3, 0.4) is 0 Å². The minimum Gasteiger partial charge on any atom is -0.465 e. The SMILES string of the molecule is COC(=O)c1c(NC(=O)NCCCO)sc2c1CCC2. The molecule has 0 unspecified atom stereocenters. The molecule has 0 fully saturated rings. The Balaban J connectivity index is 2.11. The van der Waals surface area contributed by atoms with Crippen LogP contribution in [0, 0.1) is 0 Å². The van der Waals surface area contributed by atoms with Crippen molar-refractivity contribution in [3.8, 4) is 0 Å². The van der Waals surface area contributed by atoms with Crippen molar-refractivity contribution in [3.05, 3.63) is 16.0 Å². The van der Waals surface area contributed by atoms with Crippen LogP contribution >= 0.6 is 11.3 Å². The summed E-state index contributed by atoms with van der Waals surface area (Å²) in [5.74, 6) is -0.407. The van der Waals surface area contributed by atoms with Crippen LogP contribution in [0.15, 0.2) is 0 Å². The summed E-state index contributed by atoms with van der Waals surface area (Å²) in [4.78, 5) is 24.8. The number of hydrogen-bond donors (Lipinski definition) is 3. The molecule has 6 nitrogen and oxygen atoms in total. The maximum absolute atomic E-state index is 11.9. The number of amides is 2. The highest BCUT2D eigenvalue weighted by Gasteiger charge is 2.27. The van der Waals surface area contributed by atoms with Gasteiger partial charge in [0, 0.05) is 18.0 Å². The summed E-state index contributed by atoms with van der Waals surface area (Å²) in [6.07, 6.45) is 3.33. The lowest BCUT2D eigenvalue weighted by Crippen LogP contribution is -2.30. The number of urea groups is 1. The van der Waals surface area contributed by atoms with Crippen LogP contribution in [0.2, 0.25) is 0 Å². The van der Waals surface area contributed by atoms with Gasteiger partial charge in [0.25, 0.3) is 0 Å². The summed E-state index contributed by atoms with van der Waals surface area (Å²) in [7, 11) is 1.34. The largest absolute Gasteiger partial charge is 0.465 e. The van der Waals surface area contributed by atoms with Crippen molar-refractivity contribution in [2.45, 2.75) is 25.7 Å². The molecule has 110 valence electrons. The molecule has 0 aliphatic heterocycles. The number of esters is 1. The van der Waals surface area contributed by atoms with Gasteiger partial charge in [-0.1, -0.05) is 0 Å². The average molecular weight is 298 g/mol. The molecule has 0 aromatic carbocycles. The van der Waals surface area contributed by atoms with Crippen molar-refractivity contribution in [3.63, 3.8) is 0 Å². The fraction of sp³-hybridized carbons (Fsp3) is 0.538. The maximum atomic E-state index is 11.9. The predicted octanol–water partition coefficient (Wildman–Crippen LogP) is 1.53. The molecule has 0 saturated carbocycles. The summed E-state index contributed by atoms with van der Waals surface area (Å²) in [6, 6.07) is -0.372. The van der Waals surface area contributed by atoms with E-state index in [0.29, 0.717) is 23.5 Å². The number of methoxy groups -OCH3 is 1. The Morgan fingerprint density at radius 2 is 2.20 bits per heavy atom. The third kappa shape index (κ3) is 3.10. The van der Waals surface area contributed by atoms with E-state index in [0.717, 1.165) is 29.7 Å². The number of rotatable bonds is 5. The van der Waals surface area contributed by atoms with Gasteiger partial charge in [0.2, 0.25) is 0 Å². The first-order valence-corrected chi connectivity index (χ1v) is 7.37. The molecule has 0 radical (unpaired) electrons. The summed E-state index contributed by atoms with van der Waals surface area (Å²) in [6.45, 7) is 0.419. The molecule has 1 heterocycles. The van der Waals surface area contributed by atoms with Gasteiger partial charge in [-0.2, -0.15) is 0 Å². The Hall–Kier alpha value is -1.60. The van der Waals surface area contributed by atoms with E-state index in [1.165, 1.54) is 18.4 Å². The van der Waals surface area contributed by atoms with E-state index in [-0.39, 0.29) is 12.6 Å². The normalized spacial score (nSPS) is 12.9. The van der Waals surface area contributed by atoms with E-state index in [2.05, 4.69) is 10.6 Å². The number of ether oxygens (including phenoxy) is 1. The molecule has 1 aromatic heterocycles. The first-order valence-electron chi connectivity index (χ1n) is 6.56. The zero-order chi connectivity index (χ0) is 14.5. The zero-order valence-electron chi connectivity index (χ0n) is 11.3. The highest BCUT2D eigenvalue weighted by atomic mass is 32.1. The Kier molecular flexibility index (Phi) is 4.97. The summed E-state index contributed by atoms with van der Waals surface area (Å²) in [5, 5.41) is 14.5. The molecular formula is C13H18N2O4S. The first-order chi connectivity index (χ1) is 9.67. The van der Waals surface area contributed by atoms with E-state index in [1.54, 1.807) is 0 Å². The van der Waals surface area contributed by atoms with Crippen LogP contribution < -0.4 is 10.6 Å². The fourth-order valence-electron chi connectivity index (χ4n) is 2.24. The number of nitrogens with one attached hydrogen (secondary N) is 2. The number of carbonyl (C=O) groups excluding carboxylic acids is 2. The van der Waals surface area contributed by atoms with Crippen LogP contribution in [0.5, 0.6) is 0 Å². The van der Waals surface area contributed by atoms with Crippen LogP contribution in [0.4, 0.5) is 9.80 Å². The third-order valence-electron chi connectivity index (χ3n) is 3.16. The minimum absolute atomic E-state index is 0.0288. The van der Waals surface area contributed by atoms with Gasteiger partial charge in [0.05, 0.1) is 12.7 Å². The molecule has 0 atom stereocenters. The topological polar surface area (TPSA) is 87.7 Å². The van der Waals surface area contributed by atoms with E-state index in [1.807, 2.05) is 0 Å². The van der Waals surface area contributed by atoms with Gasteiger partial charge in [-0.3, -0.25) is 5.32 Å². The van der Waals surface area contributed by atoms with Crippen LogP contribution in [0.25, 0.3) is 0 Å². The molecule has 0 bridgehead atoms. The van der Waals surface area contributed by atoms with E-state index >= 15 is 0 Å². The second-order valence-corrected chi connectivity index (χ2v) is 5.62. The minimum atomic E-state index is -0.407. The number of aryl methyl sites for hydroxylation is 1.